The van der Waals surface area contributed by atoms with E-state index >= 15 is 0 Å². The quantitative estimate of drug-likeness (QED) is 0.796. The zero-order chi connectivity index (χ0) is 18.7. The van der Waals surface area contributed by atoms with Crippen LogP contribution in [0.4, 0.5) is 0 Å². The molecule has 1 unspecified atom stereocenters. The highest BCUT2D eigenvalue weighted by Crippen LogP contribution is 2.38. The molecule has 0 aliphatic carbocycles. The SMILES string of the molecule is CC(C)C1(C(=O)O)CCN(C(=O)CCCc2nc(-c3cccs3)no2)C1. The van der Waals surface area contributed by atoms with Crippen LogP contribution in [0.5, 0.6) is 0 Å². The lowest BCUT2D eigenvalue weighted by molar-refractivity contribution is -0.151. The van der Waals surface area contributed by atoms with Crippen LogP contribution >= 0.6 is 11.3 Å². The van der Waals surface area contributed by atoms with Crippen molar-refractivity contribution < 1.29 is 19.2 Å². The lowest BCUT2D eigenvalue weighted by Crippen LogP contribution is -2.40. The highest BCUT2D eigenvalue weighted by molar-refractivity contribution is 7.13. The third-order valence-corrected chi connectivity index (χ3v) is 6.04. The van der Waals surface area contributed by atoms with Crippen molar-refractivity contribution in [1.82, 2.24) is 15.0 Å². The molecule has 3 rings (SSSR count). The first kappa shape index (κ1) is 18.6. The number of amides is 1. The molecule has 1 fully saturated rings. The smallest absolute Gasteiger partial charge is 0.311 e. The molecule has 0 spiro atoms. The predicted molar refractivity (Wildman–Crippen MR) is 96.7 cm³/mol. The molecule has 2 aromatic heterocycles. The Bertz CT molecular complexity index is 771. The van der Waals surface area contributed by atoms with Gasteiger partial charge < -0.3 is 14.5 Å². The maximum Gasteiger partial charge on any atom is 0.311 e. The number of carbonyl (C=O) groups is 2. The highest BCUT2D eigenvalue weighted by atomic mass is 32.1. The summed E-state index contributed by atoms with van der Waals surface area (Å²) in [6, 6.07) is 3.86. The third-order valence-electron chi connectivity index (χ3n) is 5.18. The number of aromatic nitrogens is 2. The number of nitrogens with zero attached hydrogens (tertiary/aromatic N) is 3. The van der Waals surface area contributed by atoms with Gasteiger partial charge in [0.1, 0.15) is 0 Å². The fourth-order valence-electron chi connectivity index (χ4n) is 3.35. The third kappa shape index (κ3) is 3.65. The first-order valence-corrected chi connectivity index (χ1v) is 9.68. The summed E-state index contributed by atoms with van der Waals surface area (Å²) < 4.78 is 5.23. The van der Waals surface area contributed by atoms with Gasteiger partial charge in [-0.15, -0.1) is 11.3 Å². The summed E-state index contributed by atoms with van der Waals surface area (Å²) >= 11 is 1.55. The minimum Gasteiger partial charge on any atom is -0.481 e. The molecule has 0 radical (unpaired) electrons. The summed E-state index contributed by atoms with van der Waals surface area (Å²) in [5.41, 5.74) is -0.822. The summed E-state index contributed by atoms with van der Waals surface area (Å²) in [4.78, 5) is 31.1. The van der Waals surface area contributed by atoms with Crippen LogP contribution in [0.1, 0.15) is 39.0 Å². The average molecular weight is 377 g/mol. The molecule has 1 aliphatic heterocycles. The van der Waals surface area contributed by atoms with Crippen molar-refractivity contribution in [2.45, 2.75) is 39.5 Å². The van der Waals surface area contributed by atoms with Gasteiger partial charge in [-0.3, -0.25) is 9.59 Å². The van der Waals surface area contributed by atoms with Gasteiger partial charge in [0.2, 0.25) is 17.6 Å². The Hall–Kier alpha value is -2.22. The Labute approximate surface area is 156 Å². The second-order valence-corrected chi connectivity index (χ2v) is 7.97. The summed E-state index contributed by atoms with van der Waals surface area (Å²) in [6.07, 6.45) is 2.00. The number of rotatable bonds is 7. The van der Waals surface area contributed by atoms with Gasteiger partial charge in [0.05, 0.1) is 10.3 Å². The van der Waals surface area contributed by atoms with E-state index in [0.29, 0.717) is 50.5 Å². The van der Waals surface area contributed by atoms with Gasteiger partial charge in [0, 0.05) is 25.9 Å². The molecule has 1 N–H and O–H groups in total. The van der Waals surface area contributed by atoms with Crippen LogP contribution in [0.3, 0.4) is 0 Å². The Morgan fingerprint density at radius 2 is 2.27 bits per heavy atom. The molecule has 0 saturated carbocycles. The molecule has 7 nitrogen and oxygen atoms in total. The maximum absolute atomic E-state index is 12.4. The molecule has 26 heavy (non-hydrogen) atoms. The van der Waals surface area contributed by atoms with Gasteiger partial charge in [-0.2, -0.15) is 4.98 Å². The molecule has 3 heterocycles. The second kappa shape index (κ2) is 7.57. The minimum atomic E-state index is -0.822. The van der Waals surface area contributed by atoms with E-state index in [1.54, 1.807) is 16.2 Å². The zero-order valence-electron chi connectivity index (χ0n) is 15.0. The number of carboxylic acid groups (broad SMARTS) is 1. The normalized spacial score (nSPS) is 20.0. The molecule has 1 amide bonds. The van der Waals surface area contributed by atoms with Gasteiger partial charge in [-0.1, -0.05) is 25.1 Å². The number of likely N-dealkylation sites (tertiary alicyclic amines) is 1. The number of carboxylic acids is 1. The van der Waals surface area contributed by atoms with Gasteiger partial charge in [0.25, 0.3) is 0 Å². The van der Waals surface area contributed by atoms with Crippen LogP contribution in [0.2, 0.25) is 0 Å². The number of hydrogen-bond donors (Lipinski definition) is 1. The van der Waals surface area contributed by atoms with Crippen molar-refractivity contribution in [1.29, 1.82) is 0 Å². The number of carbonyl (C=O) groups excluding carboxylic acids is 1. The van der Waals surface area contributed by atoms with Gasteiger partial charge in [-0.05, 0) is 30.2 Å². The maximum atomic E-state index is 12.4. The standard InChI is InChI=1S/C18H23N3O4S/c1-12(2)18(17(23)24)8-9-21(11-18)15(22)7-3-6-14-19-16(20-25-14)13-5-4-10-26-13/h4-5,10,12H,3,6-9,11H2,1-2H3,(H,23,24). The molecular weight excluding hydrogens is 354 g/mol. The summed E-state index contributed by atoms with van der Waals surface area (Å²) in [6.45, 7) is 4.61. The van der Waals surface area contributed by atoms with Gasteiger partial charge >= 0.3 is 5.97 Å². The van der Waals surface area contributed by atoms with E-state index in [4.69, 9.17) is 4.52 Å². The summed E-state index contributed by atoms with van der Waals surface area (Å²) in [5, 5.41) is 15.5. The first-order chi connectivity index (χ1) is 12.4. The summed E-state index contributed by atoms with van der Waals surface area (Å²) in [5.74, 6) is 0.266. The Kier molecular flexibility index (Phi) is 5.41. The Morgan fingerprint density at radius 1 is 1.46 bits per heavy atom. The lowest BCUT2D eigenvalue weighted by atomic mass is 9.76. The van der Waals surface area contributed by atoms with E-state index < -0.39 is 11.4 Å². The van der Waals surface area contributed by atoms with Crippen molar-refractivity contribution in [3.8, 4) is 10.7 Å². The van der Waals surface area contributed by atoms with Gasteiger partial charge in [0.15, 0.2) is 0 Å². The van der Waals surface area contributed by atoms with Crippen molar-refractivity contribution >= 4 is 23.2 Å². The molecule has 0 aromatic carbocycles. The van der Waals surface area contributed by atoms with Crippen LogP contribution in [-0.2, 0) is 16.0 Å². The summed E-state index contributed by atoms with van der Waals surface area (Å²) in [7, 11) is 0. The lowest BCUT2D eigenvalue weighted by Gasteiger charge is -2.28. The molecule has 2 aromatic rings. The molecule has 1 saturated heterocycles. The molecule has 0 bridgehead atoms. The van der Waals surface area contributed by atoms with E-state index in [0.717, 1.165) is 4.88 Å². The van der Waals surface area contributed by atoms with E-state index in [2.05, 4.69) is 10.1 Å². The number of hydrogen-bond acceptors (Lipinski definition) is 6. The predicted octanol–water partition coefficient (Wildman–Crippen LogP) is 3.08. The Morgan fingerprint density at radius 3 is 2.88 bits per heavy atom. The average Bonchev–Trinajstić information content (AvgIpc) is 3.34. The van der Waals surface area contributed by atoms with E-state index in [-0.39, 0.29) is 11.8 Å². The van der Waals surface area contributed by atoms with Gasteiger partial charge in [-0.25, -0.2) is 0 Å². The van der Waals surface area contributed by atoms with Crippen LogP contribution < -0.4 is 0 Å². The second-order valence-electron chi connectivity index (χ2n) is 7.02. The molecule has 8 heteroatoms. The first-order valence-electron chi connectivity index (χ1n) is 8.80. The largest absolute Gasteiger partial charge is 0.481 e. The van der Waals surface area contributed by atoms with E-state index in [1.807, 2.05) is 31.4 Å². The molecule has 1 aliphatic rings. The van der Waals surface area contributed by atoms with Crippen molar-refractivity contribution in [2.75, 3.05) is 13.1 Å². The fourth-order valence-corrected chi connectivity index (χ4v) is 4.00. The zero-order valence-corrected chi connectivity index (χ0v) is 15.8. The fraction of sp³-hybridized carbons (Fsp3) is 0.556. The van der Waals surface area contributed by atoms with E-state index in [9.17, 15) is 14.7 Å². The molecule has 140 valence electrons. The number of aliphatic carboxylic acids is 1. The van der Waals surface area contributed by atoms with Crippen LogP contribution in [-0.4, -0.2) is 45.1 Å². The Balaban J connectivity index is 1.50. The van der Waals surface area contributed by atoms with Crippen LogP contribution in [0.15, 0.2) is 22.0 Å². The number of thiophene rings is 1. The van der Waals surface area contributed by atoms with Crippen molar-refractivity contribution in [3.05, 3.63) is 23.4 Å². The van der Waals surface area contributed by atoms with Crippen LogP contribution in [0.25, 0.3) is 10.7 Å². The van der Waals surface area contributed by atoms with Crippen molar-refractivity contribution in [3.63, 3.8) is 0 Å². The van der Waals surface area contributed by atoms with E-state index in [1.165, 1.54) is 0 Å². The minimum absolute atomic E-state index is 0.00753. The molecular formula is C18H23N3O4S. The number of aryl methyl sites for hydroxylation is 1. The van der Waals surface area contributed by atoms with Crippen LogP contribution in [0, 0.1) is 11.3 Å². The monoisotopic (exact) mass is 377 g/mol. The molecule has 1 atom stereocenters. The highest BCUT2D eigenvalue weighted by Gasteiger charge is 2.48. The van der Waals surface area contributed by atoms with Crippen molar-refractivity contribution in [2.24, 2.45) is 11.3 Å². The topological polar surface area (TPSA) is 96.5 Å².